The van der Waals surface area contributed by atoms with Gasteiger partial charge in [-0.3, -0.25) is 0 Å². The molecule has 0 unspecified atom stereocenters. The van der Waals surface area contributed by atoms with Gasteiger partial charge in [0.25, 0.3) is 0 Å². The molecule has 1 aliphatic rings. The van der Waals surface area contributed by atoms with Gasteiger partial charge in [0.2, 0.25) is 5.16 Å². The second kappa shape index (κ2) is 6.16. The van der Waals surface area contributed by atoms with E-state index in [2.05, 4.69) is 20.8 Å². The van der Waals surface area contributed by atoms with Gasteiger partial charge in [0, 0.05) is 12.3 Å². The Hall–Kier alpha value is -1.40. The molecule has 3 rings (SSSR count). The smallest absolute Gasteiger partial charge is 0.214 e. The third kappa shape index (κ3) is 3.54. The van der Waals surface area contributed by atoms with Crippen LogP contribution in [0.3, 0.4) is 0 Å². The number of hydrogen-bond acceptors (Lipinski definition) is 5. The summed E-state index contributed by atoms with van der Waals surface area (Å²) in [5.41, 5.74) is 1.00. The van der Waals surface area contributed by atoms with Crippen LogP contribution in [0, 0.1) is 5.92 Å². The second-order valence-corrected chi connectivity index (χ2v) is 5.77. The first-order valence-corrected chi connectivity index (χ1v) is 7.59. The number of benzene rings is 1. The van der Waals surface area contributed by atoms with Gasteiger partial charge in [0.15, 0.2) is 0 Å². The molecule has 1 aromatic heterocycles. The molecule has 6 heteroatoms. The van der Waals surface area contributed by atoms with Crippen molar-refractivity contribution in [2.75, 3.05) is 18.8 Å². The summed E-state index contributed by atoms with van der Waals surface area (Å²) < 4.78 is 1.78. The minimum Gasteiger partial charge on any atom is -0.316 e. The SMILES string of the molecule is c1ccc(-n2nnnc2SCCNCC2CC2)cc1. The van der Waals surface area contributed by atoms with Crippen LogP contribution in [0.5, 0.6) is 0 Å². The van der Waals surface area contributed by atoms with Crippen LogP contribution in [-0.4, -0.2) is 39.0 Å². The Morgan fingerprint density at radius 1 is 1.26 bits per heavy atom. The van der Waals surface area contributed by atoms with Crippen LogP contribution in [0.15, 0.2) is 35.5 Å². The standard InChI is InChI=1S/C13H17N5S/c1-2-4-12(5-3-1)18-13(15-16-17-18)19-9-8-14-10-11-6-7-11/h1-5,11,14H,6-10H2. The van der Waals surface area contributed by atoms with Crippen LogP contribution in [0.1, 0.15) is 12.8 Å². The Kier molecular flexibility index (Phi) is 4.10. The summed E-state index contributed by atoms with van der Waals surface area (Å²) in [5, 5.41) is 16.2. The highest BCUT2D eigenvalue weighted by atomic mass is 32.2. The molecule has 1 heterocycles. The van der Waals surface area contributed by atoms with E-state index in [0.717, 1.165) is 35.6 Å². The summed E-state index contributed by atoms with van der Waals surface area (Å²) >= 11 is 1.68. The van der Waals surface area contributed by atoms with E-state index >= 15 is 0 Å². The molecule has 0 spiro atoms. The summed E-state index contributed by atoms with van der Waals surface area (Å²) in [6.45, 7) is 2.16. The van der Waals surface area contributed by atoms with E-state index in [0.29, 0.717) is 0 Å². The molecule has 1 aromatic carbocycles. The molecule has 0 radical (unpaired) electrons. The molecule has 0 atom stereocenters. The van der Waals surface area contributed by atoms with Gasteiger partial charge in [-0.25, -0.2) is 0 Å². The Labute approximate surface area is 116 Å². The van der Waals surface area contributed by atoms with E-state index in [-0.39, 0.29) is 0 Å². The molecule has 100 valence electrons. The van der Waals surface area contributed by atoms with Gasteiger partial charge in [-0.1, -0.05) is 30.0 Å². The first-order chi connectivity index (χ1) is 9.43. The van der Waals surface area contributed by atoms with Gasteiger partial charge in [-0.05, 0) is 47.9 Å². The molecule has 1 aliphatic carbocycles. The zero-order valence-electron chi connectivity index (χ0n) is 10.7. The number of tetrazole rings is 1. The second-order valence-electron chi connectivity index (χ2n) is 4.70. The van der Waals surface area contributed by atoms with E-state index in [1.165, 1.54) is 12.8 Å². The molecule has 5 nitrogen and oxygen atoms in total. The van der Waals surface area contributed by atoms with E-state index in [4.69, 9.17) is 0 Å². The van der Waals surface area contributed by atoms with E-state index < -0.39 is 0 Å². The van der Waals surface area contributed by atoms with Crippen LogP contribution in [-0.2, 0) is 0 Å². The highest BCUT2D eigenvalue weighted by molar-refractivity contribution is 7.99. The fraction of sp³-hybridized carbons (Fsp3) is 0.462. The zero-order valence-corrected chi connectivity index (χ0v) is 11.5. The maximum Gasteiger partial charge on any atom is 0.214 e. The fourth-order valence-corrected chi connectivity index (χ4v) is 2.63. The maximum atomic E-state index is 4.07. The molecule has 0 amide bonds. The van der Waals surface area contributed by atoms with Crippen molar-refractivity contribution in [3.63, 3.8) is 0 Å². The van der Waals surface area contributed by atoms with Crippen molar-refractivity contribution in [1.82, 2.24) is 25.5 Å². The molecule has 1 N–H and O–H groups in total. The number of aromatic nitrogens is 4. The normalized spacial score (nSPS) is 14.7. The van der Waals surface area contributed by atoms with E-state index in [1.54, 1.807) is 16.4 Å². The van der Waals surface area contributed by atoms with Gasteiger partial charge in [0.05, 0.1) is 5.69 Å². The van der Waals surface area contributed by atoms with Crippen molar-refractivity contribution >= 4 is 11.8 Å². The minimum absolute atomic E-state index is 0.847. The molecular formula is C13H17N5S. The molecule has 1 saturated carbocycles. The Morgan fingerprint density at radius 3 is 2.89 bits per heavy atom. The third-order valence-electron chi connectivity index (χ3n) is 3.08. The Balaban J connectivity index is 1.51. The first-order valence-electron chi connectivity index (χ1n) is 6.61. The molecule has 19 heavy (non-hydrogen) atoms. The summed E-state index contributed by atoms with van der Waals surface area (Å²) in [5.74, 6) is 1.92. The first kappa shape index (κ1) is 12.6. The number of nitrogens with zero attached hydrogens (tertiary/aromatic N) is 4. The summed E-state index contributed by atoms with van der Waals surface area (Å²) in [4.78, 5) is 0. The average Bonchev–Trinajstić information content (AvgIpc) is 3.16. The minimum atomic E-state index is 0.847. The van der Waals surface area contributed by atoms with Gasteiger partial charge in [0.1, 0.15) is 0 Å². The lowest BCUT2D eigenvalue weighted by Gasteiger charge is -2.04. The largest absolute Gasteiger partial charge is 0.316 e. The van der Waals surface area contributed by atoms with Crippen LogP contribution in [0.25, 0.3) is 5.69 Å². The van der Waals surface area contributed by atoms with Crippen molar-refractivity contribution in [2.45, 2.75) is 18.0 Å². The van der Waals surface area contributed by atoms with Crippen molar-refractivity contribution in [3.05, 3.63) is 30.3 Å². The van der Waals surface area contributed by atoms with Gasteiger partial charge in [-0.15, -0.1) is 5.10 Å². The monoisotopic (exact) mass is 275 g/mol. The average molecular weight is 275 g/mol. The molecule has 0 aliphatic heterocycles. The van der Waals surface area contributed by atoms with Crippen molar-refractivity contribution < 1.29 is 0 Å². The highest BCUT2D eigenvalue weighted by Crippen LogP contribution is 2.27. The quantitative estimate of drug-likeness (QED) is 0.616. The van der Waals surface area contributed by atoms with Gasteiger partial charge in [-0.2, -0.15) is 4.68 Å². The van der Waals surface area contributed by atoms with E-state index in [9.17, 15) is 0 Å². The van der Waals surface area contributed by atoms with Crippen molar-refractivity contribution in [3.8, 4) is 5.69 Å². The highest BCUT2D eigenvalue weighted by Gasteiger charge is 2.20. The predicted molar refractivity (Wildman–Crippen MR) is 75.5 cm³/mol. The predicted octanol–water partition coefficient (Wildman–Crippen LogP) is 1.75. The molecule has 0 saturated heterocycles. The molecule has 0 bridgehead atoms. The lowest BCUT2D eigenvalue weighted by molar-refractivity contribution is 0.665. The van der Waals surface area contributed by atoms with Crippen LogP contribution in [0.4, 0.5) is 0 Å². The molecular weight excluding hydrogens is 258 g/mol. The van der Waals surface area contributed by atoms with Crippen molar-refractivity contribution in [2.24, 2.45) is 5.92 Å². The Bertz CT molecular complexity index is 509. The zero-order chi connectivity index (χ0) is 12.9. The number of rotatable bonds is 7. The van der Waals surface area contributed by atoms with Crippen LogP contribution >= 0.6 is 11.8 Å². The van der Waals surface area contributed by atoms with Crippen LogP contribution < -0.4 is 5.32 Å². The van der Waals surface area contributed by atoms with Gasteiger partial charge < -0.3 is 5.32 Å². The maximum absolute atomic E-state index is 4.07. The number of nitrogens with one attached hydrogen (secondary N) is 1. The summed E-state index contributed by atoms with van der Waals surface area (Å²) in [7, 11) is 0. The summed E-state index contributed by atoms with van der Waals surface area (Å²) in [6.07, 6.45) is 2.79. The topological polar surface area (TPSA) is 55.6 Å². The Morgan fingerprint density at radius 2 is 2.11 bits per heavy atom. The third-order valence-corrected chi connectivity index (χ3v) is 4.00. The van der Waals surface area contributed by atoms with Crippen molar-refractivity contribution in [1.29, 1.82) is 0 Å². The van der Waals surface area contributed by atoms with Crippen LogP contribution in [0.2, 0.25) is 0 Å². The number of para-hydroxylation sites is 1. The van der Waals surface area contributed by atoms with Gasteiger partial charge >= 0.3 is 0 Å². The number of hydrogen-bond donors (Lipinski definition) is 1. The fourth-order valence-electron chi connectivity index (χ4n) is 1.84. The van der Waals surface area contributed by atoms with E-state index in [1.807, 2.05) is 30.3 Å². The lowest BCUT2D eigenvalue weighted by Crippen LogP contribution is -2.19. The number of thioether (sulfide) groups is 1. The molecule has 2 aromatic rings. The lowest BCUT2D eigenvalue weighted by atomic mass is 10.3. The summed E-state index contributed by atoms with van der Waals surface area (Å²) in [6, 6.07) is 9.98. The molecule has 1 fully saturated rings.